The molecule has 2 aromatic carbocycles. The van der Waals surface area contributed by atoms with Gasteiger partial charge in [-0.25, -0.2) is 18.0 Å². The van der Waals surface area contributed by atoms with Gasteiger partial charge in [-0.3, -0.25) is 4.90 Å². The monoisotopic (exact) mass is 775 g/mol. The normalized spacial score (nSPS) is 24.3. The molecule has 3 aromatic heterocycles. The summed E-state index contributed by atoms with van der Waals surface area (Å²) < 4.78 is 61.5. The van der Waals surface area contributed by atoms with Crippen molar-refractivity contribution >= 4 is 60.8 Å². The van der Waals surface area contributed by atoms with Crippen molar-refractivity contribution < 1.29 is 27.4 Å². The molecule has 3 atom stereocenters. The molecule has 5 aromatic rings. The first-order chi connectivity index (χ1) is 26.1. The van der Waals surface area contributed by atoms with Crippen LogP contribution < -0.4 is 20.1 Å². The highest BCUT2D eigenvalue weighted by Crippen LogP contribution is 2.53. The fourth-order valence-electron chi connectivity index (χ4n) is 9.52. The summed E-state index contributed by atoms with van der Waals surface area (Å²) in [6.07, 6.45) is 5.72. The minimum absolute atomic E-state index is 0.0189. The Morgan fingerprint density at radius 3 is 2.85 bits per heavy atom. The number of hydrogen-bond donors (Lipinski definition) is 1. The molecule has 1 amide bonds. The number of carbonyl (C=O) groups excluding carboxylic acids is 1. The van der Waals surface area contributed by atoms with Crippen LogP contribution in [0.3, 0.4) is 0 Å². The van der Waals surface area contributed by atoms with Crippen LogP contribution in [0.15, 0.2) is 30.6 Å². The molecule has 2 N–H and O–H groups in total. The first kappa shape index (κ1) is 33.7. The molecule has 10 rings (SSSR count). The van der Waals surface area contributed by atoms with E-state index < -0.39 is 23.3 Å². The van der Waals surface area contributed by atoms with E-state index in [4.69, 9.17) is 31.8 Å². The van der Waals surface area contributed by atoms with Crippen LogP contribution >= 0.6 is 22.9 Å². The van der Waals surface area contributed by atoms with E-state index in [0.29, 0.717) is 44.8 Å². The molecular weight excluding hydrogens is 743 g/mol. The van der Waals surface area contributed by atoms with Crippen molar-refractivity contribution in [2.24, 2.45) is 5.41 Å². The highest BCUT2D eigenvalue weighted by Gasteiger charge is 2.52. The fraction of sp³-hybridized carbons (Fsp3) is 0.432. The van der Waals surface area contributed by atoms with E-state index in [1.807, 2.05) is 6.07 Å². The lowest BCUT2D eigenvalue weighted by Gasteiger charge is -2.56. The van der Waals surface area contributed by atoms with Crippen LogP contribution in [0.5, 0.6) is 11.8 Å². The molecule has 8 heterocycles. The summed E-state index contributed by atoms with van der Waals surface area (Å²) in [5.74, 6) is -0.887. The molecule has 1 spiro atoms. The highest BCUT2D eigenvalue weighted by molar-refractivity contribution is 7.23. The summed E-state index contributed by atoms with van der Waals surface area (Å²) >= 11 is 8.04. The van der Waals surface area contributed by atoms with Crippen molar-refractivity contribution in [1.29, 1.82) is 5.26 Å². The summed E-state index contributed by atoms with van der Waals surface area (Å²) in [6.45, 7) is 2.93. The molecule has 0 radical (unpaired) electrons. The summed E-state index contributed by atoms with van der Waals surface area (Å²) in [6, 6.07) is 5.85. The quantitative estimate of drug-likeness (QED) is 0.219. The molecular formula is C37H33ClF3N9O3S. The van der Waals surface area contributed by atoms with Crippen LogP contribution in [0.25, 0.3) is 32.1 Å². The lowest BCUT2D eigenvalue weighted by molar-refractivity contribution is 0.00968. The van der Waals surface area contributed by atoms with E-state index >= 15 is 8.78 Å². The number of nitriles is 1. The number of halogens is 4. The van der Waals surface area contributed by atoms with E-state index in [1.54, 1.807) is 23.4 Å². The number of nitrogens with two attached hydrogens (primary N) is 1. The van der Waals surface area contributed by atoms with Gasteiger partial charge < -0.3 is 25.0 Å². The van der Waals surface area contributed by atoms with E-state index in [9.17, 15) is 14.4 Å². The van der Waals surface area contributed by atoms with Gasteiger partial charge in [0.15, 0.2) is 11.6 Å². The van der Waals surface area contributed by atoms with Crippen molar-refractivity contribution in [2.75, 3.05) is 56.6 Å². The molecule has 0 bridgehead atoms. The maximum absolute atomic E-state index is 17.4. The molecule has 0 aliphatic carbocycles. The topological polar surface area (TPSA) is 139 Å². The Hall–Kier alpha value is -4.85. The average Bonchev–Trinajstić information content (AvgIpc) is 3.92. The number of benzene rings is 2. The zero-order valence-corrected chi connectivity index (χ0v) is 30.4. The van der Waals surface area contributed by atoms with Gasteiger partial charge in [-0.1, -0.05) is 17.7 Å². The zero-order valence-electron chi connectivity index (χ0n) is 28.8. The minimum Gasteiger partial charge on any atom is -0.489 e. The molecule has 0 saturated carbocycles. The third kappa shape index (κ3) is 4.90. The van der Waals surface area contributed by atoms with Gasteiger partial charge in [-0.2, -0.15) is 25.0 Å². The number of alkyl halides is 1. The van der Waals surface area contributed by atoms with Crippen molar-refractivity contribution in [2.45, 2.75) is 49.9 Å². The van der Waals surface area contributed by atoms with Gasteiger partial charge in [0.1, 0.15) is 47.6 Å². The first-order valence-electron chi connectivity index (χ1n) is 17.9. The Bertz CT molecular complexity index is 2430. The Morgan fingerprint density at radius 2 is 2.06 bits per heavy atom. The minimum atomic E-state index is -0.970. The molecule has 4 fully saturated rings. The third-order valence-electron chi connectivity index (χ3n) is 12.0. The third-order valence-corrected chi connectivity index (χ3v) is 13.4. The molecule has 278 valence electrons. The summed E-state index contributed by atoms with van der Waals surface area (Å²) in [5.41, 5.74) is 5.31. The number of fused-ring (bicyclic) bond motifs is 4. The number of hydrogen-bond acceptors (Lipinski definition) is 11. The van der Waals surface area contributed by atoms with Crippen LogP contribution in [-0.2, 0) is 0 Å². The van der Waals surface area contributed by atoms with E-state index in [1.165, 1.54) is 16.8 Å². The van der Waals surface area contributed by atoms with Gasteiger partial charge in [-0.15, -0.1) is 11.3 Å². The molecule has 5 aliphatic heterocycles. The van der Waals surface area contributed by atoms with Gasteiger partial charge in [0.2, 0.25) is 0 Å². The van der Waals surface area contributed by atoms with Crippen LogP contribution in [0.4, 0.5) is 28.8 Å². The van der Waals surface area contributed by atoms with Crippen LogP contribution in [0.1, 0.15) is 37.7 Å². The average molecular weight is 776 g/mol. The van der Waals surface area contributed by atoms with Gasteiger partial charge in [0, 0.05) is 61.4 Å². The van der Waals surface area contributed by atoms with Crippen molar-refractivity contribution in [3.05, 3.63) is 52.8 Å². The zero-order chi connectivity index (χ0) is 37.1. The molecule has 0 unspecified atom stereocenters. The number of ether oxygens (including phenoxy) is 2. The fourth-order valence-corrected chi connectivity index (χ4v) is 10.8. The Balaban J connectivity index is 1.11. The number of carbonyl (C=O) groups is 1. The molecule has 17 heteroatoms. The number of likely N-dealkylation sites (tertiary alicyclic amines) is 1. The smallest absolute Gasteiger partial charge is 0.344 e. The number of thiophene rings is 1. The van der Waals surface area contributed by atoms with Gasteiger partial charge in [0.05, 0.1) is 32.3 Å². The lowest BCUT2D eigenvalue weighted by Crippen LogP contribution is -2.66. The van der Waals surface area contributed by atoms with Crippen LogP contribution in [-0.4, -0.2) is 99.3 Å². The highest BCUT2D eigenvalue weighted by atomic mass is 35.5. The summed E-state index contributed by atoms with van der Waals surface area (Å²) in [5, 5.41) is 14.5. The predicted molar refractivity (Wildman–Crippen MR) is 196 cm³/mol. The Kier molecular flexibility index (Phi) is 7.54. The van der Waals surface area contributed by atoms with E-state index in [0.717, 1.165) is 37.1 Å². The molecule has 12 nitrogen and oxygen atoms in total. The standard InChI is InChI=1S/C37H33ClF3N9O3S/c38-27-25(21-3-4-23(40)31-24(21)22(12-42)32(43)54-31)28(41)29-26-30(27)52-14-20-5-7-36(15-47(16-36)35(51)50-10-2-8-44-50)17-49(20)33(26)46-34(45-29)53-18-37-6-1-9-48(37)13-19(39)11-37/h2-4,8,10,19-20H,1,5-7,9,11,13-18,43H2/t19-,20+,37+/m1/s1. The van der Waals surface area contributed by atoms with Gasteiger partial charge in [-0.05, 0) is 49.9 Å². The summed E-state index contributed by atoms with van der Waals surface area (Å²) in [4.78, 5) is 28.6. The largest absolute Gasteiger partial charge is 0.489 e. The maximum atomic E-state index is 17.4. The van der Waals surface area contributed by atoms with E-state index in [-0.39, 0.29) is 90.2 Å². The van der Waals surface area contributed by atoms with Crippen molar-refractivity contribution in [3.63, 3.8) is 0 Å². The molecule has 54 heavy (non-hydrogen) atoms. The van der Waals surface area contributed by atoms with Gasteiger partial charge in [0.25, 0.3) is 0 Å². The number of nitrogens with zero attached hydrogens (tertiary/aromatic N) is 8. The second kappa shape index (κ2) is 12.1. The van der Waals surface area contributed by atoms with Gasteiger partial charge >= 0.3 is 12.0 Å². The Morgan fingerprint density at radius 1 is 1.20 bits per heavy atom. The second-order valence-electron chi connectivity index (χ2n) is 15.2. The molecule has 4 saturated heterocycles. The number of aromatic nitrogens is 4. The number of nitrogen functional groups attached to an aromatic ring is 1. The Labute approximate surface area is 315 Å². The van der Waals surface area contributed by atoms with E-state index in [2.05, 4.69) is 19.9 Å². The number of rotatable bonds is 4. The van der Waals surface area contributed by atoms with Crippen molar-refractivity contribution in [1.82, 2.24) is 29.5 Å². The number of piperidine rings is 1. The summed E-state index contributed by atoms with van der Waals surface area (Å²) in [7, 11) is 0. The lowest BCUT2D eigenvalue weighted by atomic mass is 9.72. The second-order valence-corrected chi connectivity index (χ2v) is 16.7. The number of anilines is 2. The number of amides is 1. The predicted octanol–water partition coefficient (Wildman–Crippen LogP) is 6.38. The maximum Gasteiger partial charge on any atom is 0.344 e. The first-order valence-corrected chi connectivity index (χ1v) is 19.1. The van der Waals surface area contributed by atoms with Crippen LogP contribution in [0, 0.1) is 28.4 Å². The van der Waals surface area contributed by atoms with Crippen molar-refractivity contribution in [3.8, 4) is 29.0 Å². The van der Waals surface area contributed by atoms with Crippen LogP contribution in [0.2, 0.25) is 5.02 Å². The molecule has 5 aliphatic rings. The SMILES string of the molecule is N#Cc1c(N)sc2c(F)ccc(-c3c(Cl)c4c5c(nc(OC[C@@]67CCCN6C[C@H](F)C7)nc5c3F)N3CC5(CC[C@H]3CO4)CN(C(=O)n3cccn3)C5)c12.